The maximum absolute atomic E-state index is 13.9. The third kappa shape index (κ3) is 7.82. The van der Waals surface area contributed by atoms with Gasteiger partial charge in [0.25, 0.3) is 15.9 Å². The summed E-state index contributed by atoms with van der Waals surface area (Å²) in [6.45, 7) is 1.66. The van der Waals surface area contributed by atoms with Gasteiger partial charge in [0, 0.05) is 80.1 Å². The van der Waals surface area contributed by atoms with Gasteiger partial charge in [-0.3, -0.25) is 4.98 Å². The Morgan fingerprint density at radius 2 is 1.69 bits per heavy atom. The molecule has 3 aliphatic rings. The van der Waals surface area contributed by atoms with Crippen LogP contribution in [-0.2, 0) is 10.0 Å². The number of aromatic nitrogens is 6. The highest BCUT2D eigenvalue weighted by Gasteiger charge is 2.38. The lowest BCUT2D eigenvalue weighted by atomic mass is 9.85. The fraction of sp³-hybridized carbons (Fsp3) is 0.500. The standard InChI is InChI=1S/C34H42F2N10O2S/c1-44(2)21-23-3-5-25(6-4-23)41-30-18-32(39-20-28(30)29-17-26(9-13-37-29)45-15-11-34(35,36)12-16-45)42-31-10-14-38-33(43-31)24-19-40-46(22-24)49(47,48)27-7-8-27/h9-10,13-14,17-20,22-23,25,27H,3-8,11-12,15-16,21H2,1-2H3,(H2,38,39,41,42,43). The highest BCUT2D eigenvalue weighted by atomic mass is 32.2. The summed E-state index contributed by atoms with van der Waals surface area (Å²) in [7, 11) is 0.733. The van der Waals surface area contributed by atoms with Crippen molar-refractivity contribution in [1.82, 2.24) is 34.0 Å². The molecule has 0 atom stereocenters. The molecule has 0 bridgehead atoms. The van der Waals surface area contributed by atoms with Gasteiger partial charge in [-0.2, -0.15) is 9.19 Å². The summed E-state index contributed by atoms with van der Waals surface area (Å²) in [5.74, 6) is -0.572. The molecule has 7 rings (SSSR count). The van der Waals surface area contributed by atoms with E-state index >= 15 is 0 Å². The number of nitrogens with zero attached hydrogens (tertiary/aromatic N) is 8. The van der Waals surface area contributed by atoms with E-state index in [1.807, 2.05) is 23.1 Å². The second kappa shape index (κ2) is 13.6. The van der Waals surface area contributed by atoms with Crippen molar-refractivity contribution in [2.75, 3.05) is 49.3 Å². The van der Waals surface area contributed by atoms with Crippen LogP contribution in [0.15, 0.2) is 55.2 Å². The molecular formula is C34H42F2N10O2S. The van der Waals surface area contributed by atoms with Gasteiger partial charge < -0.3 is 20.4 Å². The van der Waals surface area contributed by atoms with Crippen LogP contribution < -0.4 is 15.5 Å². The van der Waals surface area contributed by atoms with Crippen LogP contribution in [0.2, 0.25) is 0 Å². The molecule has 0 aromatic carbocycles. The monoisotopic (exact) mass is 692 g/mol. The minimum absolute atomic E-state index is 0.164. The first-order chi connectivity index (χ1) is 23.5. The highest BCUT2D eigenvalue weighted by Crippen LogP contribution is 2.36. The molecule has 2 aliphatic carbocycles. The van der Waals surface area contributed by atoms with Crippen molar-refractivity contribution in [2.45, 2.75) is 68.6 Å². The van der Waals surface area contributed by atoms with Crippen LogP contribution in [-0.4, -0.2) is 93.4 Å². The number of hydrogen-bond donors (Lipinski definition) is 2. The Labute approximate surface area is 285 Å². The second-order valence-corrected chi connectivity index (χ2v) is 15.8. The largest absolute Gasteiger partial charge is 0.382 e. The van der Waals surface area contributed by atoms with Crippen LogP contribution in [0.5, 0.6) is 0 Å². The molecule has 1 aliphatic heterocycles. The summed E-state index contributed by atoms with van der Waals surface area (Å²) in [4.78, 5) is 22.6. The number of hydrogen-bond acceptors (Lipinski definition) is 11. The number of pyridine rings is 2. The Morgan fingerprint density at radius 3 is 2.43 bits per heavy atom. The van der Waals surface area contributed by atoms with Gasteiger partial charge in [-0.1, -0.05) is 0 Å². The fourth-order valence-corrected chi connectivity index (χ4v) is 8.18. The van der Waals surface area contributed by atoms with Crippen LogP contribution >= 0.6 is 0 Å². The fourth-order valence-electron chi connectivity index (χ4n) is 6.71. The Balaban J connectivity index is 1.14. The van der Waals surface area contributed by atoms with Gasteiger partial charge in [-0.05, 0) is 76.7 Å². The molecule has 49 heavy (non-hydrogen) atoms. The molecule has 0 amide bonds. The van der Waals surface area contributed by atoms with E-state index in [-0.39, 0.29) is 37.2 Å². The van der Waals surface area contributed by atoms with Gasteiger partial charge in [0.15, 0.2) is 5.82 Å². The van der Waals surface area contributed by atoms with E-state index in [4.69, 9.17) is 4.98 Å². The smallest absolute Gasteiger partial charge is 0.256 e. The zero-order valence-electron chi connectivity index (χ0n) is 27.8. The summed E-state index contributed by atoms with van der Waals surface area (Å²) >= 11 is 0. The summed E-state index contributed by atoms with van der Waals surface area (Å²) in [6.07, 6.45) is 13.3. The molecule has 2 N–H and O–H groups in total. The van der Waals surface area contributed by atoms with Gasteiger partial charge in [0.1, 0.15) is 11.6 Å². The van der Waals surface area contributed by atoms with Crippen molar-refractivity contribution in [3.05, 3.63) is 55.2 Å². The average Bonchev–Trinajstić information content (AvgIpc) is 3.83. The maximum atomic E-state index is 13.9. The van der Waals surface area contributed by atoms with Crippen LogP contribution in [0.1, 0.15) is 51.4 Å². The topological polar surface area (TPSA) is 134 Å². The molecule has 1 saturated heterocycles. The average molecular weight is 693 g/mol. The highest BCUT2D eigenvalue weighted by molar-refractivity contribution is 7.90. The molecule has 260 valence electrons. The van der Waals surface area contributed by atoms with Crippen LogP contribution in [0.25, 0.3) is 22.6 Å². The molecule has 5 heterocycles. The van der Waals surface area contributed by atoms with Gasteiger partial charge in [0.05, 0.1) is 28.9 Å². The molecule has 3 fully saturated rings. The zero-order valence-corrected chi connectivity index (χ0v) is 28.6. The Morgan fingerprint density at radius 1 is 0.939 bits per heavy atom. The zero-order chi connectivity index (χ0) is 34.2. The molecule has 2 saturated carbocycles. The summed E-state index contributed by atoms with van der Waals surface area (Å²) in [5, 5.41) is 10.7. The Hall–Kier alpha value is -4.24. The quantitative estimate of drug-likeness (QED) is 0.202. The number of nitrogens with one attached hydrogen (secondary N) is 2. The van der Waals surface area contributed by atoms with E-state index in [0.717, 1.165) is 53.3 Å². The maximum Gasteiger partial charge on any atom is 0.256 e. The molecule has 0 radical (unpaired) electrons. The van der Waals surface area contributed by atoms with E-state index in [0.29, 0.717) is 47.5 Å². The van der Waals surface area contributed by atoms with Crippen LogP contribution in [0.3, 0.4) is 0 Å². The molecule has 15 heteroatoms. The molecular weight excluding hydrogens is 651 g/mol. The van der Waals surface area contributed by atoms with Gasteiger partial charge in [-0.15, -0.1) is 0 Å². The van der Waals surface area contributed by atoms with Gasteiger partial charge >= 0.3 is 0 Å². The Kier molecular flexibility index (Phi) is 9.22. The molecule has 4 aromatic rings. The number of rotatable bonds is 11. The van der Waals surface area contributed by atoms with Crippen molar-refractivity contribution in [1.29, 1.82) is 0 Å². The first-order valence-corrected chi connectivity index (χ1v) is 18.4. The van der Waals surface area contributed by atoms with E-state index in [1.54, 1.807) is 24.7 Å². The summed E-state index contributed by atoms with van der Waals surface area (Å²) in [6, 6.07) is 7.75. The molecule has 4 aromatic heterocycles. The molecule has 12 nitrogen and oxygen atoms in total. The van der Waals surface area contributed by atoms with Crippen molar-refractivity contribution in [3.63, 3.8) is 0 Å². The lowest BCUT2D eigenvalue weighted by Gasteiger charge is -2.33. The predicted molar refractivity (Wildman–Crippen MR) is 186 cm³/mol. The minimum atomic E-state index is -3.50. The second-order valence-electron chi connectivity index (χ2n) is 13.7. The van der Waals surface area contributed by atoms with E-state index in [9.17, 15) is 17.2 Å². The Bertz CT molecular complexity index is 1880. The lowest BCUT2D eigenvalue weighted by molar-refractivity contribution is -0.0220. The summed E-state index contributed by atoms with van der Waals surface area (Å²) in [5.41, 5.74) is 3.74. The molecule has 0 unspecified atom stereocenters. The first kappa shape index (κ1) is 33.3. The van der Waals surface area contributed by atoms with E-state index in [1.165, 1.54) is 12.4 Å². The van der Waals surface area contributed by atoms with Crippen molar-refractivity contribution >= 4 is 33.0 Å². The van der Waals surface area contributed by atoms with Gasteiger partial charge in [0.2, 0.25) is 0 Å². The lowest BCUT2D eigenvalue weighted by Crippen LogP contribution is -2.39. The van der Waals surface area contributed by atoms with Crippen molar-refractivity contribution in [2.24, 2.45) is 5.92 Å². The minimum Gasteiger partial charge on any atom is -0.382 e. The summed E-state index contributed by atoms with van der Waals surface area (Å²) < 4.78 is 54.0. The predicted octanol–water partition coefficient (Wildman–Crippen LogP) is 5.65. The number of halogens is 2. The number of alkyl halides is 2. The first-order valence-electron chi connectivity index (χ1n) is 16.9. The van der Waals surface area contributed by atoms with E-state index < -0.39 is 15.9 Å². The third-order valence-electron chi connectivity index (χ3n) is 9.55. The third-order valence-corrected chi connectivity index (χ3v) is 11.6. The van der Waals surface area contributed by atoms with Crippen molar-refractivity contribution in [3.8, 4) is 22.6 Å². The van der Waals surface area contributed by atoms with E-state index in [2.05, 4.69) is 49.7 Å². The number of piperidine rings is 1. The van der Waals surface area contributed by atoms with Crippen LogP contribution in [0, 0.1) is 5.92 Å². The normalized spacial score (nSPS) is 21.1. The van der Waals surface area contributed by atoms with Gasteiger partial charge in [-0.25, -0.2) is 32.2 Å². The number of anilines is 4. The van der Waals surface area contributed by atoms with Crippen LogP contribution in [0.4, 0.5) is 31.8 Å². The SMILES string of the molecule is CN(C)CC1CCC(Nc2cc(Nc3ccnc(-c4cnn(S(=O)(=O)C5CC5)c4)n3)ncc2-c2cc(N3CCC(F)(F)CC3)ccn2)CC1. The van der Waals surface area contributed by atoms with Crippen molar-refractivity contribution < 1.29 is 17.2 Å². The molecule has 0 spiro atoms.